The Morgan fingerprint density at radius 2 is 1.75 bits per heavy atom. The van der Waals surface area contributed by atoms with Crippen molar-refractivity contribution in [1.29, 1.82) is 0 Å². The third-order valence-electron chi connectivity index (χ3n) is 8.28. The van der Waals surface area contributed by atoms with Gasteiger partial charge in [0, 0.05) is 23.7 Å². The number of benzene rings is 2. The summed E-state index contributed by atoms with van der Waals surface area (Å²) in [5.41, 5.74) is 3.65. The smallest absolute Gasteiger partial charge is 0.264 e. The molecule has 9 nitrogen and oxygen atoms in total. The van der Waals surface area contributed by atoms with Crippen LogP contribution in [0.15, 0.2) is 53.4 Å². The van der Waals surface area contributed by atoms with Crippen molar-refractivity contribution < 1.29 is 22.7 Å². The lowest BCUT2D eigenvalue weighted by molar-refractivity contribution is -0.0641. The molecular weight excluding hydrogens is 576 g/mol. The van der Waals surface area contributed by atoms with Gasteiger partial charge in [0.1, 0.15) is 6.61 Å². The molecule has 2 aliphatic rings. The summed E-state index contributed by atoms with van der Waals surface area (Å²) in [5, 5.41) is 0. The number of carbonyl (C=O) groups is 1. The number of fused-ring (bicyclic) bond motifs is 4. The van der Waals surface area contributed by atoms with Gasteiger partial charge in [-0.05, 0) is 73.3 Å². The quantitative estimate of drug-likeness (QED) is 0.359. The molecule has 10 heteroatoms. The Labute approximate surface area is 261 Å². The fourth-order valence-electron chi connectivity index (χ4n) is 5.99. The van der Waals surface area contributed by atoms with Crippen molar-refractivity contribution in [3.8, 4) is 17.1 Å². The highest BCUT2D eigenvalue weighted by atomic mass is 32.2. The lowest BCUT2D eigenvalue weighted by Crippen LogP contribution is -2.50. The van der Waals surface area contributed by atoms with Gasteiger partial charge in [-0.1, -0.05) is 58.9 Å². The largest absolute Gasteiger partial charge is 0.475 e. The van der Waals surface area contributed by atoms with Crippen LogP contribution in [-0.4, -0.2) is 61.1 Å². The minimum absolute atomic E-state index is 0.0471. The maximum Gasteiger partial charge on any atom is 0.264 e. The molecule has 3 aromatic rings. The molecule has 1 amide bonds. The number of hydrogen-bond donors (Lipinski definition) is 1. The van der Waals surface area contributed by atoms with E-state index < -0.39 is 10.0 Å². The van der Waals surface area contributed by atoms with Crippen LogP contribution in [0, 0.1) is 24.7 Å². The third kappa shape index (κ3) is 7.41. The first kappa shape index (κ1) is 31.9. The molecule has 0 radical (unpaired) electrons. The van der Waals surface area contributed by atoms with Crippen molar-refractivity contribution in [3.05, 3.63) is 65.2 Å². The van der Waals surface area contributed by atoms with Crippen molar-refractivity contribution in [3.63, 3.8) is 0 Å². The maximum atomic E-state index is 14.3. The van der Waals surface area contributed by atoms with Crippen LogP contribution in [0.4, 0.5) is 5.95 Å². The Hall–Kier alpha value is -3.50. The standard InChI is InChI=1S/C34H44N4O5S/c1-22-10-8-11-23(2)30(22)28-17-29-36-32(35-28)37-44(40,41)27-13-9-12-24(16-27)31(39)38(25(20-42-29)18-33(3,4)5)19-26-14-15-34(6,7)21-43-26/h8-13,16-17,25-26H,14-15,18-21H2,1-7H3,(H,35,36,37)/t25-,26?/m1/s1. The lowest BCUT2D eigenvalue weighted by Gasteiger charge is -2.40. The van der Waals surface area contributed by atoms with Crippen LogP contribution >= 0.6 is 0 Å². The zero-order valence-electron chi connectivity index (χ0n) is 26.8. The Balaban J connectivity index is 1.63. The van der Waals surface area contributed by atoms with E-state index in [0.717, 1.165) is 29.5 Å². The normalized spacial score (nSPS) is 21.7. The van der Waals surface area contributed by atoms with Crippen LogP contribution in [-0.2, 0) is 14.8 Å². The number of nitrogens with zero attached hydrogens (tertiary/aromatic N) is 3. The number of carbonyl (C=O) groups excluding carboxylic acids is 1. The molecule has 1 unspecified atom stereocenters. The first-order valence-electron chi connectivity index (χ1n) is 15.2. The Morgan fingerprint density at radius 1 is 1.05 bits per heavy atom. The molecule has 1 saturated heterocycles. The Morgan fingerprint density at radius 3 is 2.41 bits per heavy atom. The number of amides is 1. The fraction of sp³-hybridized carbons (Fsp3) is 0.500. The summed E-state index contributed by atoms with van der Waals surface area (Å²) in [7, 11) is -4.13. The van der Waals surface area contributed by atoms with Gasteiger partial charge in [0.2, 0.25) is 11.8 Å². The molecule has 1 N–H and O–H groups in total. The molecule has 2 aliphatic heterocycles. The molecule has 0 aliphatic carbocycles. The molecule has 2 aromatic carbocycles. The van der Waals surface area contributed by atoms with Crippen LogP contribution in [0.2, 0.25) is 0 Å². The highest BCUT2D eigenvalue weighted by molar-refractivity contribution is 7.92. The zero-order valence-corrected chi connectivity index (χ0v) is 27.6. The van der Waals surface area contributed by atoms with Crippen LogP contribution < -0.4 is 9.46 Å². The number of hydrogen-bond acceptors (Lipinski definition) is 7. The Kier molecular flexibility index (Phi) is 8.79. The lowest BCUT2D eigenvalue weighted by atomic mass is 9.84. The number of aromatic nitrogens is 2. The number of rotatable bonds is 4. The zero-order chi connectivity index (χ0) is 31.9. The average molecular weight is 621 g/mol. The van der Waals surface area contributed by atoms with Gasteiger partial charge in [-0.2, -0.15) is 4.98 Å². The number of sulfonamides is 1. The van der Waals surface area contributed by atoms with Gasteiger partial charge < -0.3 is 14.4 Å². The molecular formula is C34H44N4O5S. The van der Waals surface area contributed by atoms with Crippen LogP contribution in [0.1, 0.15) is 75.4 Å². The van der Waals surface area contributed by atoms with Crippen molar-refractivity contribution in [1.82, 2.24) is 14.9 Å². The van der Waals surface area contributed by atoms with Crippen LogP contribution in [0.5, 0.6) is 5.88 Å². The molecule has 3 heterocycles. The highest BCUT2D eigenvalue weighted by Crippen LogP contribution is 2.33. The first-order valence-corrected chi connectivity index (χ1v) is 16.7. The van der Waals surface area contributed by atoms with E-state index in [1.165, 1.54) is 12.1 Å². The fourth-order valence-corrected chi connectivity index (χ4v) is 6.98. The molecule has 4 bridgehead atoms. The maximum absolute atomic E-state index is 14.3. The molecule has 5 rings (SSSR count). The predicted molar refractivity (Wildman–Crippen MR) is 171 cm³/mol. The number of nitrogens with one attached hydrogen (secondary N) is 1. The highest BCUT2D eigenvalue weighted by Gasteiger charge is 2.35. The molecule has 44 heavy (non-hydrogen) atoms. The predicted octanol–water partition coefficient (Wildman–Crippen LogP) is 6.41. The second kappa shape index (κ2) is 12.1. The van der Waals surface area contributed by atoms with E-state index in [9.17, 15) is 13.2 Å². The van der Waals surface area contributed by atoms with Crippen molar-refractivity contribution in [2.45, 2.75) is 84.8 Å². The second-order valence-corrected chi connectivity index (χ2v) is 15.8. The number of aryl methyl sites for hydroxylation is 2. The monoisotopic (exact) mass is 620 g/mol. The summed E-state index contributed by atoms with van der Waals surface area (Å²) < 4.78 is 42.4. The number of anilines is 1. The van der Waals surface area contributed by atoms with Gasteiger partial charge in [0.05, 0.1) is 29.3 Å². The molecule has 236 valence electrons. The summed E-state index contributed by atoms with van der Waals surface area (Å²) in [6.07, 6.45) is 2.33. The van der Waals surface area contributed by atoms with Gasteiger partial charge in [-0.3, -0.25) is 4.79 Å². The summed E-state index contributed by atoms with van der Waals surface area (Å²) in [6.45, 7) is 15.9. The molecule has 0 saturated carbocycles. The van der Waals surface area contributed by atoms with Gasteiger partial charge in [-0.15, -0.1) is 0 Å². The van der Waals surface area contributed by atoms with Gasteiger partial charge in [0.15, 0.2) is 0 Å². The minimum Gasteiger partial charge on any atom is -0.475 e. The van der Waals surface area contributed by atoms with Crippen molar-refractivity contribution in [2.24, 2.45) is 10.8 Å². The van der Waals surface area contributed by atoms with Gasteiger partial charge in [-0.25, -0.2) is 18.1 Å². The van der Waals surface area contributed by atoms with E-state index in [-0.39, 0.29) is 57.8 Å². The Bertz CT molecular complexity index is 1620. The summed E-state index contributed by atoms with van der Waals surface area (Å²) in [5.74, 6) is -0.136. The van der Waals surface area contributed by atoms with Crippen LogP contribution in [0.3, 0.4) is 0 Å². The third-order valence-corrected chi connectivity index (χ3v) is 9.61. The average Bonchev–Trinajstić information content (AvgIpc) is 2.93. The van der Waals surface area contributed by atoms with E-state index in [2.05, 4.69) is 49.3 Å². The first-order chi connectivity index (χ1) is 20.6. The van der Waals surface area contributed by atoms with E-state index >= 15 is 0 Å². The molecule has 1 fully saturated rings. The van der Waals surface area contributed by atoms with E-state index in [0.29, 0.717) is 25.3 Å². The van der Waals surface area contributed by atoms with Crippen LogP contribution in [0.25, 0.3) is 11.3 Å². The van der Waals surface area contributed by atoms with E-state index in [1.807, 2.05) is 36.9 Å². The van der Waals surface area contributed by atoms with Crippen molar-refractivity contribution >= 4 is 21.9 Å². The second-order valence-electron chi connectivity index (χ2n) is 14.1. The number of ether oxygens (including phenoxy) is 2. The molecule has 0 spiro atoms. The van der Waals surface area contributed by atoms with Gasteiger partial charge >= 0.3 is 0 Å². The SMILES string of the molecule is Cc1cccc(C)c1-c1cc2nc(n1)NS(=O)(=O)c1cccc(c1)C(=O)N(CC1CCC(C)(C)CO1)[C@H](CC(C)(C)C)CO2. The summed E-state index contributed by atoms with van der Waals surface area (Å²) in [6, 6.07) is 13.5. The molecule has 2 atom stereocenters. The van der Waals surface area contributed by atoms with Crippen molar-refractivity contribution in [2.75, 3.05) is 24.5 Å². The molecule has 1 aromatic heterocycles. The van der Waals surface area contributed by atoms with Gasteiger partial charge in [0.25, 0.3) is 15.9 Å². The van der Waals surface area contributed by atoms with E-state index in [4.69, 9.17) is 9.47 Å². The topological polar surface area (TPSA) is 111 Å². The summed E-state index contributed by atoms with van der Waals surface area (Å²) >= 11 is 0. The van der Waals surface area contributed by atoms with E-state index in [1.54, 1.807) is 18.2 Å². The summed E-state index contributed by atoms with van der Waals surface area (Å²) in [4.78, 5) is 25.1. The minimum atomic E-state index is -4.13.